The molecule has 0 bridgehead atoms. The molecule has 5 heteroatoms. The van der Waals surface area contributed by atoms with Gasteiger partial charge >= 0.3 is 0 Å². The fourth-order valence-electron chi connectivity index (χ4n) is 3.56. The van der Waals surface area contributed by atoms with E-state index in [1.165, 1.54) is 51.7 Å². The molecule has 0 radical (unpaired) electrons. The molecule has 5 nitrogen and oxygen atoms in total. The van der Waals surface area contributed by atoms with E-state index in [1.807, 2.05) is 14.1 Å². The van der Waals surface area contributed by atoms with Crippen LogP contribution in [0, 0.1) is 0 Å². The quantitative estimate of drug-likeness (QED) is 0.794. The molecule has 2 heterocycles. The normalized spacial score (nSPS) is 22.9. The van der Waals surface area contributed by atoms with E-state index in [1.54, 1.807) is 4.90 Å². The first kappa shape index (κ1) is 17.7. The number of amides is 1. The standard InChI is InChI=1S/C17H34N4O/c1-4-9-20-10-5-15(6-11-20)18-16-7-12-21(13-8-16)14-17(22)19(2)3/h15-16,18H,4-14H2,1-3H3. The third-order valence-corrected chi connectivity index (χ3v) is 5.04. The number of nitrogens with zero attached hydrogens (tertiary/aromatic N) is 3. The van der Waals surface area contributed by atoms with Gasteiger partial charge < -0.3 is 15.1 Å². The summed E-state index contributed by atoms with van der Waals surface area (Å²) in [7, 11) is 3.67. The van der Waals surface area contributed by atoms with Crippen LogP contribution in [0.4, 0.5) is 0 Å². The first-order valence-corrected chi connectivity index (χ1v) is 8.99. The van der Waals surface area contributed by atoms with Gasteiger partial charge in [0.15, 0.2) is 0 Å². The Morgan fingerprint density at radius 3 is 1.95 bits per heavy atom. The fourth-order valence-corrected chi connectivity index (χ4v) is 3.56. The van der Waals surface area contributed by atoms with Crippen LogP contribution in [0.3, 0.4) is 0 Å². The molecule has 0 aliphatic carbocycles. The molecule has 0 atom stereocenters. The number of carbonyl (C=O) groups excluding carboxylic acids is 1. The molecule has 0 unspecified atom stereocenters. The number of likely N-dealkylation sites (tertiary alicyclic amines) is 2. The van der Waals surface area contributed by atoms with Crippen LogP contribution in [0.25, 0.3) is 0 Å². The molecule has 2 fully saturated rings. The lowest BCUT2D eigenvalue weighted by molar-refractivity contribution is -0.130. The number of hydrogen-bond donors (Lipinski definition) is 1. The van der Waals surface area contributed by atoms with Crippen molar-refractivity contribution in [3.8, 4) is 0 Å². The van der Waals surface area contributed by atoms with Gasteiger partial charge in [0, 0.05) is 39.3 Å². The Labute approximate surface area is 136 Å². The number of piperidine rings is 2. The summed E-state index contributed by atoms with van der Waals surface area (Å²) in [5, 5.41) is 3.87. The molecule has 2 aliphatic heterocycles. The van der Waals surface area contributed by atoms with Crippen molar-refractivity contribution in [3.63, 3.8) is 0 Å². The van der Waals surface area contributed by atoms with Gasteiger partial charge in [0.25, 0.3) is 0 Å². The minimum Gasteiger partial charge on any atom is -0.348 e. The highest BCUT2D eigenvalue weighted by atomic mass is 16.2. The van der Waals surface area contributed by atoms with Crippen molar-refractivity contribution < 1.29 is 4.79 Å². The van der Waals surface area contributed by atoms with Gasteiger partial charge in [-0.2, -0.15) is 0 Å². The Balaban J connectivity index is 1.63. The van der Waals surface area contributed by atoms with Crippen LogP contribution in [0.2, 0.25) is 0 Å². The summed E-state index contributed by atoms with van der Waals surface area (Å²) < 4.78 is 0. The number of rotatable bonds is 6. The molecule has 2 rings (SSSR count). The lowest BCUT2D eigenvalue weighted by Crippen LogP contribution is -2.50. The lowest BCUT2D eigenvalue weighted by Gasteiger charge is -2.37. The van der Waals surface area contributed by atoms with Crippen LogP contribution < -0.4 is 5.32 Å². The largest absolute Gasteiger partial charge is 0.348 e. The van der Waals surface area contributed by atoms with E-state index in [2.05, 4.69) is 22.0 Å². The molecule has 2 saturated heterocycles. The van der Waals surface area contributed by atoms with Crippen molar-refractivity contribution in [3.05, 3.63) is 0 Å². The number of hydrogen-bond acceptors (Lipinski definition) is 4. The molecular weight excluding hydrogens is 276 g/mol. The molecule has 0 aromatic rings. The zero-order chi connectivity index (χ0) is 15.9. The third-order valence-electron chi connectivity index (χ3n) is 5.04. The van der Waals surface area contributed by atoms with E-state index in [-0.39, 0.29) is 5.91 Å². The van der Waals surface area contributed by atoms with Gasteiger partial charge in [-0.05, 0) is 51.7 Å². The maximum Gasteiger partial charge on any atom is 0.236 e. The minimum atomic E-state index is 0.217. The van der Waals surface area contributed by atoms with Gasteiger partial charge in [-0.15, -0.1) is 0 Å². The van der Waals surface area contributed by atoms with Crippen molar-refractivity contribution in [2.24, 2.45) is 0 Å². The summed E-state index contributed by atoms with van der Waals surface area (Å²) in [4.78, 5) is 18.3. The molecule has 0 spiro atoms. The maximum atomic E-state index is 11.8. The van der Waals surface area contributed by atoms with Gasteiger partial charge in [0.1, 0.15) is 0 Å². The molecule has 0 aromatic heterocycles. The summed E-state index contributed by atoms with van der Waals surface area (Å²) >= 11 is 0. The minimum absolute atomic E-state index is 0.217. The van der Waals surface area contributed by atoms with E-state index in [0.717, 1.165) is 13.1 Å². The Morgan fingerprint density at radius 1 is 1.00 bits per heavy atom. The van der Waals surface area contributed by atoms with Crippen molar-refractivity contribution in [1.29, 1.82) is 0 Å². The van der Waals surface area contributed by atoms with E-state index in [9.17, 15) is 4.79 Å². The molecule has 0 aromatic carbocycles. The van der Waals surface area contributed by atoms with Crippen molar-refractivity contribution in [1.82, 2.24) is 20.0 Å². The zero-order valence-corrected chi connectivity index (χ0v) is 14.7. The lowest BCUT2D eigenvalue weighted by atomic mass is 9.99. The second kappa shape index (κ2) is 8.85. The van der Waals surface area contributed by atoms with Crippen LogP contribution in [-0.4, -0.2) is 86.1 Å². The Bertz CT molecular complexity index is 332. The first-order chi connectivity index (χ1) is 10.6. The molecule has 128 valence electrons. The molecule has 22 heavy (non-hydrogen) atoms. The van der Waals surface area contributed by atoms with Crippen molar-refractivity contribution >= 4 is 5.91 Å². The summed E-state index contributed by atoms with van der Waals surface area (Å²) in [6.45, 7) is 8.69. The van der Waals surface area contributed by atoms with E-state index < -0.39 is 0 Å². The average molecular weight is 310 g/mol. The molecule has 1 N–H and O–H groups in total. The van der Waals surface area contributed by atoms with E-state index in [0.29, 0.717) is 18.6 Å². The second-order valence-electron chi connectivity index (χ2n) is 7.12. The van der Waals surface area contributed by atoms with Gasteiger partial charge in [-0.1, -0.05) is 6.92 Å². The van der Waals surface area contributed by atoms with Crippen molar-refractivity contribution in [2.45, 2.75) is 51.1 Å². The fraction of sp³-hybridized carbons (Fsp3) is 0.941. The smallest absolute Gasteiger partial charge is 0.236 e. The van der Waals surface area contributed by atoms with Crippen LogP contribution in [0.5, 0.6) is 0 Å². The Morgan fingerprint density at radius 2 is 1.50 bits per heavy atom. The summed E-state index contributed by atoms with van der Waals surface area (Å²) in [6.07, 6.45) is 6.20. The van der Waals surface area contributed by atoms with Gasteiger partial charge in [0.2, 0.25) is 5.91 Å². The molecular formula is C17H34N4O. The van der Waals surface area contributed by atoms with Gasteiger partial charge in [0.05, 0.1) is 6.54 Å². The summed E-state index contributed by atoms with van der Waals surface area (Å²) in [5.74, 6) is 0.217. The molecule has 0 saturated carbocycles. The topological polar surface area (TPSA) is 38.8 Å². The van der Waals surface area contributed by atoms with Crippen molar-refractivity contribution in [2.75, 3.05) is 53.4 Å². The monoisotopic (exact) mass is 310 g/mol. The van der Waals surface area contributed by atoms with E-state index in [4.69, 9.17) is 0 Å². The Hall–Kier alpha value is -0.650. The Kier molecular flexibility index (Phi) is 7.12. The second-order valence-corrected chi connectivity index (χ2v) is 7.12. The molecule has 2 aliphatic rings. The highest BCUT2D eigenvalue weighted by molar-refractivity contribution is 5.77. The molecule has 1 amide bonds. The number of likely N-dealkylation sites (N-methyl/N-ethyl adjacent to an activating group) is 1. The average Bonchev–Trinajstić information content (AvgIpc) is 2.51. The summed E-state index contributed by atoms with van der Waals surface area (Å²) in [6, 6.07) is 1.35. The highest BCUT2D eigenvalue weighted by Crippen LogP contribution is 2.16. The predicted octanol–water partition coefficient (Wildman–Crippen LogP) is 1.00. The van der Waals surface area contributed by atoms with Crippen LogP contribution in [0.1, 0.15) is 39.0 Å². The SMILES string of the molecule is CCCN1CCC(NC2CCN(CC(=O)N(C)C)CC2)CC1. The predicted molar refractivity (Wildman–Crippen MR) is 91.0 cm³/mol. The number of carbonyl (C=O) groups is 1. The zero-order valence-electron chi connectivity index (χ0n) is 14.7. The van der Waals surface area contributed by atoms with Crippen LogP contribution in [0.15, 0.2) is 0 Å². The summed E-state index contributed by atoms with van der Waals surface area (Å²) in [5.41, 5.74) is 0. The van der Waals surface area contributed by atoms with Crippen LogP contribution in [-0.2, 0) is 4.79 Å². The van der Waals surface area contributed by atoms with Crippen LogP contribution >= 0.6 is 0 Å². The third kappa shape index (κ3) is 5.52. The first-order valence-electron chi connectivity index (χ1n) is 8.99. The van der Waals surface area contributed by atoms with Gasteiger partial charge in [-0.3, -0.25) is 9.69 Å². The van der Waals surface area contributed by atoms with Gasteiger partial charge in [-0.25, -0.2) is 0 Å². The maximum absolute atomic E-state index is 11.8. The van der Waals surface area contributed by atoms with E-state index >= 15 is 0 Å². The number of nitrogens with one attached hydrogen (secondary N) is 1. The highest BCUT2D eigenvalue weighted by Gasteiger charge is 2.25.